The molecule has 3 rings (SSSR count). The molecule has 0 spiro atoms. The first-order valence-electron chi connectivity index (χ1n) is 6.66. The maximum atomic E-state index is 4.74. The van der Waals surface area contributed by atoms with Crippen LogP contribution in [0.4, 0.5) is 5.69 Å². The van der Waals surface area contributed by atoms with E-state index >= 15 is 0 Å². The van der Waals surface area contributed by atoms with Crippen molar-refractivity contribution in [2.75, 3.05) is 25.5 Å². The molecule has 3 nitrogen and oxygen atoms in total. The van der Waals surface area contributed by atoms with Crippen LogP contribution < -0.4 is 10.2 Å². The van der Waals surface area contributed by atoms with Gasteiger partial charge in [-0.1, -0.05) is 0 Å². The summed E-state index contributed by atoms with van der Waals surface area (Å²) in [6.45, 7) is 3.26. The summed E-state index contributed by atoms with van der Waals surface area (Å²) < 4.78 is 0. The van der Waals surface area contributed by atoms with Crippen molar-refractivity contribution < 1.29 is 0 Å². The molecule has 100 valence electrons. The fraction of sp³-hybridized carbons (Fsp3) is 0.400. The molecule has 2 heterocycles. The Hall–Kier alpha value is -1.39. The first-order chi connectivity index (χ1) is 9.19. The third kappa shape index (κ3) is 2.26. The molecule has 1 N–H and O–H groups in total. The van der Waals surface area contributed by atoms with E-state index in [0.717, 1.165) is 23.7 Å². The third-order valence-electron chi connectivity index (χ3n) is 3.85. The minimum Gasteiger partial charge on any atom is -0.374 e. The lowest BCUT2D eigenvalue weighted by molar-refractivity contribution is 0.637. The molecule has 19 heavy (non-hydrogen) atoms. The molecule has 1 atom stereocenters. The average Bonchev–Trinajstić information content (AvgIpc) is 3.05. The van der Waals surface area contributed by atoms with Gasteiger partial charge in [0.25, 0.3) is 0 Å². The Balaban J connectivity index is 1.93. The van der Waals surface area contributed by atoms with Crippen molar-refractivity contribution in [3.63, 3.8) is 0 Å². The Bertz CT molecular complexity index is 591. The molecule has 1 aliphatic heterocycles. The van der Waals surface area contributed by atoms with Crippen LogP contribution in [0.3, 0.4) is 0 Å². The number of thiazole rings is 1. The lowest BCUT2D eigenvalue weighted by Crippen LogP contribution is -2.12. The second-order valence-corrected chi connectivity index (χ2v) is 5.96. The highest BCUT2D eigenvalue weighted by Crippen LogP contribution is 2.33. The van der Waals surface area contributed by atoms with E-state index in [1.807, 2.05) is 7.05 Å². The molecule has 0 aliphatic carbocycles. The number of hydrogen-bond donors (Lipinski definition) is 1. The number of nitrogens with zero attached hydrogens (tertiary/aromatic N) is 2. The second-order valence-electron chi connectivity index (χ2n) is 5.10. The van der Waals surface area contributed by atoms with Gasteiger partial charge in [-0.2, -0.15) is 0 Å². The van der Waals surface area contributed by atoms with E-state index in [2.05, 4.69) is 47.8 Å². The number of likely N-dealkylation sites (N-methyl/N-ethyl adjacent to an activating group) is 1. The van der Waals surface area contributed by atoms with E-state index in [9.17, 15) is 0 Å². The Morgan fingerprint density at radius 1 is 1.42 bits per heavy atom. The van der Waals surface area contributed by atoms with Gasteiger partial charge < -0.3 is 10.2 Å². The lowest BCUT2D eigenvalue weighted by atomic mass is 10.1. The first-order valence-corrected chi connectivity index (χ1v) is 7.54. The fourth-order valence-corrected chi connectivity index (χ4v) is 3.38. The van der Waals surface area contributed by atoms with E-state index in [-0.39, 0.29) is 0 Å². The summed E-state index contributed by atoms with van der Waals surface area (Å²) >= 11 is 1.73. The summed E-state index contributed by atoms with van der Waals surface area (Å²) in [5.41, 5.74) is 5.18. The third-order valence-corrected chi connectivity index (χ3v) is 4.76. The Morgan fingerprint density at radius 3 is 3.05 bits per heavy atom. The maximum absolute atomic E-state index is 4.74. The zero-order chi connectivity index (χ0) is 13.4. The highest BCUT2D eigenvalue weighted by atomic mass is 32.1. The molecule has 0 fully saturated rings. The predicted molar refractivity (Wildman–Crippen MR) is 82.0 cm³/mol. The van der Waals surface area contributed by atoms with Crippen LogP contribution in [-0.2, 0) is 6.42 Å². The molecule has 1 aromatic heterocycles. The maximum Gasteiger partial charge on any atom is 0.123 e. The van der Waals surface area contributed by atoms with Crippen LogP contribution in [0.5, 0.6) is 0 Å². The van der Waals surface area contributed by atoms with Gasteiger partial charge in [-0.05, 0) is 44.2 Å². The molecule has 4 heteroatoms. The van der Waals surface area contributed by atoms with Gasteiger partial charge in [-0.25, -0.2) is 4.98 Å². The van der Waals surface area contributed by atoms with Crippen molar-refractivity contribution >= 4 is 17.0 Å². The number of fused-ring (bicyclic) bond motifs is 1. The number of hydrogen-bond acceptors (Lipinski definition) is 4. The molecule has 0 amide bonds. The smallest absolute Gasteiger partial charge is 0.123 e. The van der Waals surface area contributed by atoms with Crippen molar-refractivity contribution in [2.24, 2.45) is 0 Å². The minimum absolute atomic E-state index is 0.311. The van der Waals surface area contributed by atoms with Crippen LogP contribution in [0.1, 0.15) is 24.2 Å². The van der Waals surface area contributed by atoms with Gasteiger partial charge in [0.05, 0.1) is 5.69 Å². The summed E-state index contributed by atoms with van der Waals surface area (Å²) in [7, 11) is 4.12. The van der Waals surface area contributed by atoms with Gasteiger partial charge in [-0.15, -0.1) is 11.3 Å². The molecular weight excluding hydrogens is 254 g/mol. The Kier molecular flexibility index (Phi) is 3.29. The van der Waals surface area contributed by atoms with Crippen LogP contribution in [-0.4, -0.2) is 25.6 Å². The van der Waals surface area contributed by atoms with E-state index in [1.54, 1.807) is 11.3 Å². The molecule has 0 saturated carbocycles. The van der Waals surface area contributed by atoms with E-state index < -0.39 is 0 Å². The Morgan fingerprint density at radius 2 is 2.26 bits per heavy atom. The quantitative estimate of drug-likeness (QED) is 0.931. The van der Waals surface area contributed by atoms with Crippen molar-refractivity contribution in [2.45, 2.75) is 19.4 Å². The van der Waals surface area contributed by atoms with Crippen molar-refractivity contribution in [1.29, 1.82) is 0 Å². The van der Waals surface area contributed by atoms with E-state index in [4.69, 9.17) is 4.98 Å². The van der Waals surface area contributed by atoms with Crippen molar-refractivity contribution in [1.82, 2.24) is 10.3 Å². The molecule has 1 unspecified atom stereocenters. The standard InChI is InChI=1S/C15H19N3S/c1-10(16-2)13-9-19-15(17-13)12-4-5-14-11(8-12)6-7-18(14)3/h4-5,8-10,16H,6-7H2,1-3H3. The minimum atomic E-state index is 0.311. The van der Waals surface area contributed by atoms with E-state index in [0.29, 0.717) is 6.04 Å². The Labute approximate surface area is 118 Å². The van der Waals surface area contributed by atoms with Crippen molar-refractivity contribution in [3.05, 3.63) is 34.8 Å². The van der Waals surface area contributed by atoms with Gasteiger partial charge in [0, 0.05) is 36.3 Å². The van der Waals surface area contributed by atoms with Gasteiger partial charge in [0.1, 0.15) is 5.01 Å². The number of rotatable bonds is 3. The van der Waals surface area contributed by atoms with Crippen molar-refractivity contribution in [3.8, 4) is 10.6 Å². The summed E-state index contributed by atoms with van der Waals surface area (Å²) in [6, 6.07) is 7.02. The number of nitrogens with one attached hydrogen (secondary N) is 1. The average molecular weight is 273 g/mol. The highest BCUT2D eigenvalue weighted by molar-refractivity contribution is 7.13. The van der Waals surface area contributed by atoms with E-state index in [1.165, 1.54) is 16.8 Å². The largest absolute Gasteiger partial charge is 0.374 e. The zero-order valence-corrected chi connectivity index (χ0v) is 12.4. The molecule has 0 saturated heterocycles. The van der Waals surface area contributed by atoms with Crippen LogP contribution in [0, 0.1) is 0 Å². The molecule has 1 aromatic carbocycles. The summed E-state index contributed by atoms with van der Waals surface area (Å²) in [5, 5.41) is 6.50. The molecule has 0 radical (unpaired) electrons. The molecule has 1 aliphatic rings. The van der Waals surface area contributed by atoms with Gasteiger partial charge in [0.15, 0.2) is 0 Å². The topological polar surface area (TPSA) is 28.2 Å². The molecule has 2 aromatic rings. The number of benzene rings is 1. The fourth-order valence-electron chi connectivity index (χ4n) is 2.47. The van der Waals surface area contributed by atoms with Crippen LogP contribution in [0.25, 0.3) is 10.6 Å². The summed E-state index contributed by atoms with van der Waals surface area (Å²) in [6.07, 6.45) is 1.14. The summed E-state index contributed by atoms with van der Waals surface area (Å²) in [5.74, 6) is 0. The normalized spacial score (nSPS) is 15.6. The summed E-state index contributed by atoms with van der Waals surface area (Å²) in [4.78, 5) is 7.05. The number of anilines is 1. The monoisotopic (exact) mass is 273 g/mol. The van der Waals surface area contributed by atoms with Gasteiger partial charge in [0.2, 0.25) is 0 Å². The highest BCUT2D eigenvalue weighted by Gasteiger charge is 2.17. The van der Waals surface area contributed by atoms with Gasteiger partial charge in [-0.3, -0.25) is 0 Å². The molecular formula is C15H19N3S. The lowest BCUT2D eigenvalue weighted by Gasteiger charge is -2.11. The predicted octanol–water partition coefficient (Wildman–Crippen LogP) is 3.08. The zero-order valence-electron chi connectivity index (χ0n) is 11.6. The van der Waals surface area contributed by atoms with Gasteiger partial charge >= 0.3 is 0 Å². The molecule has 0 bridgehead atoms. The number of aromatic nitrogens is 1. The SMILES string of the molecule is CNC(C)c1csc(-c2ccc3c(c2)CCN3C)n1. The second kappa shape index (κ2) is 4.94. The van der Waals surface area contributed by atoms with Crippen LogP contribution >= 0.6 is 11.3 Å². The van der Waals surface area contributed by atoms with Crippen LogP contribution in [0.2, 0.25) is 0 Å². The first kappa shape index (κ1) is 12.6. The van der Waals surface area contributed by atoms with Crippen LogP contribution in [0.15, 0.2) is 23.6 Å².